The fourth-order valence-corrected chi connectivity index (χ4v) is 5.80. The van der Waals surface area contributed by atoms with Crippen LogP contribution in [-0.2, 0) is 17.0 Å². The third kappa shape index (κ3) is 4.36. The van der Waals surface area contributed by atoms with Crippen LogP contribution in [0.4, 0.5) is 0 Å². The third-order valence-electron chi connectivity index (χ3n) is 5.68. The highest BCUT2D eigenvalue weighted by Crippen LogP contribution is 2.37. The van der Waals surface area contributed by atoms with Gasteiger partial charge < -0.3 is 14.2 Å². The Hall–Kier alpha value is -2.88. The van der Waals surface area contributed by atoms with Gasteiger partial charge in [-0.15, -0.1) is 21.5 Å². The molecule has 4 heterocycles. The van der Waals surface area contributed by atoms with Gasteiger partial charge in [-0.3, -0.25) is 4.57 Å². The van der Waals surface area contributed by atoms with Gasteiger partial charge in [0.2, 0.25) is 6.79 Å². The van der Waals surface area contributed by atoms with E-state index in [1.165, 1.54) is 0 Å². The van der Waals surface area contributed by atoms with Crippen molar-refractivity contribution in [3.8, 4) is 33.5 Å². The minimum Gasteiger partial charge on any atom is -0.454 e. The fraction of sp³-hybridized carbons (Fsp3) is 0.292. The first-order chi connectivity index (χ1) is 16.3. The van der Waals surface area contributed by atoms with E-state index in [1.54, 1.807) is 23.1 Å². The van der Waals surface area contributed by atoms with E-state index in [9.17, 15) is 0 Å². The number of nitrogens with zero attached hydrogens (tertiary/aromatic N) is 4. The van der Waals surface area contributed by atoms with E-state index in [-0.39, 0.29) is 12.9 Å². The van der Waals surface area contributed by atoms with Gasteiger partial charge in [0.05, 0.1) is 18.3 Å². The maximum atomic E-state index is 5.92. The molecule has 0 aliphatic carbocycles. The minimum atomic E-state index is 0.178. The summed E-state index contributed by atoms with van der Waals surface area (Å²) in [6.07, 6.45) is 2.32. The average molecular weight is 479 g/mol. The molecule has 0 N–H and O–H groups in total. The highest BCUT2D eigenvalue weighted by atomic mass is 32.2. The lowest BCUT2D eigenvalue weighted by Gasteiger charge is -2.14. The van der Waals surface area contributed by atoms with Gasteiger partial charge in [-0.25, -0.2) is 4.98 Å². The van der Waals surface area contributed by atoms with Crippen molar-refractivity contribution < 1.29 is 14.2 Å². The Morgan fingerprint density at radius 3 is 2.82 bits per heavy atom. The molecule has 4 aromatic rings. The van der Waals surface area contributed by atoms with Crippen molar-refractivity contribution >= 4 is 23.1 Å². The quantitative estimate of drug-likeness (QED) is 0.335. The molecule has 1 atom stereocenters. The first-order valence-electron chi connectivity index (χ1n) is 10.9. The van der Waals surface area contributed by atoms with Crippen molar-refractivity contribution in [1.29, 1.82) is 0 Å². The van der Waals surface area contributed by atoms with Crippen LogP contribution in [0.25, 0.3) is 22.0 Å². The van der Waals surface area contributed by atoms with Crippen LogP contribution in [0, 0.1) is 0 Å². The number of thioether (sulfide) groups is 1. The molecule has 9 heteroatoms. The van der Waals surface area contributed by atoms with Crippen LogP contribution >= 0.6 is 23.1 Å². The maximum absolute atomic E-state index is 5.92. The summed E-state index contributed by atoms with van der Waals surface area (Å²) in [5, 5.41) is 13.1. The number of fused-ring (bicyclic) bond motifs is 1. The van der Waals surface area contributed by atoms with Gasteiger partial charge in [0, 0.05) is 28.9 Å². The number of rotatable bonds is 7. The largest absolute Gasteiger partial charge is 0.454 e. The van der Waals surface area contributed by atoms with Crippen molar-refractivity contribution in [2.24, 2.45) is 0 Å². The van der Waals surface area contributed by atoms with E-state index < -0.39 is 0 Å². The van der Waals surface area contributed by atoms with Crippen molar-refractivity contribution in [2.75, 3.05) is 13.4 Å². The SMILES string of the molecule is c1ccc(-c2nc(CSc3nnc(-c4ccc5c(c4)OCO5)n3CC3CCCO3)cs2)cc1. The van der Waals surface area contributed by atoms with Crippen LogP contribution in [0.5, 0.6) is 11.5 Å². The Labute approximate surface area is 199 Å². The lowest BCUT2D eigenvalue weighted by atomic mass is 10.2. The Morgan fingerprint density at radius 2 is 1.94 bits per heavy atom. The zero-order valence-electron chi connectivity index (χ0n) is 17.8. The van der Waals surface area contributed by atoms with Crippen LogP contribution in [0.15, 0.2) is 59.1 Å². The van der Waals surface area contributed by atoms with Gasteiger partial charge in [-0.2, -0.15) is 0 Å². The molecule has 6 rings (SSSR count). The summed E-state index contributed by atoms with van der Waals surface area (Å²) in [5.74, 6) is 3.05. The molecule has 1 saturated heterocycles. The van der Waals surface area contributed by atoms with Crippen LogP contribution in [0.1, 0.15) is 18.5 Å². The molecule has 2 aliphatic heterocycles. The molecule has 1 unspecified atom stereocenters. The molecular weight excluding hydrogens is 456 g/mol. The summed E-state index contributed by atoms with van der Waals surface area (Å²) < 4.78 is 19.1. The van der Waals surface area contributed by atoms with Crippen molar-refractivity contribution in [3.63, 3.8) is 0 Å². The molecule has 33 heavy (non-hydrogen) atoms. The average Bonchev–Trinajstić information content (AvgIpc) is 3.66. The van der Waals surface area contributed by atoms with Gasteiger partial charge in [0.1, 0.15) is 5.01 Å². The third-order valence-corrected chi connectivity index (χ3v) is 7.62. The molecule has 0 saturated carbocycles. The van der Waals surface area contributed by atoms with E-state index in [1.807, 2.05) is 36.4 Å². The van der Waals surface area contributed by atoms with E-state index >= 15 is 0 Å². The molecule has 0 amide bonds. The smallest absolute Gasteiger partial charge is 0.231 e. The lowest BCUT2D eigenvalue weighted by Crippen LogP contribution is -2.16. The molecule has 0 radical (unpaired) electrons. The normalized spacial score (nSPS) is 17.0. The minimum absolute atomic E-state index is 0.178. The first kappa shape index (κ1) is 20.7. The van der Waals surface area contributed by atoms with E-state index in [0.717, 1.165) is 76.1 Å². The van der Waals surface area contributed by atoms with Crippen LogP contribution in [-0.4, -0.2) is 39.3 Å². The lowest BCUT2D eigenvalue weighted by molar-refractivity contribution is 0.0953. The molecular formula is C24H22N4O3S2. The van der Waals surface area contributed by atoms with Crippen LogP contribution < -0.4 is 9.47 Å². The molecule has 2 aliphatic rings. The molecule has 7 nitrogen and oxygen atoms in total. The Kier molecular flexibility index (Phi) is 5.75. The first-order valence-corrected chi connectivity index (χ1v) is 12.8. The molecule has 2 aromatic heterocycles. The Balaban J connectivity index is 1.25. The van der Waals surface area contributed by atoms with Gasteiger partial charge in [-0.1, -0.05) is 42.1 Å². The highest BCUT2D eigenvalue weighted by Gasteiger charge is 2.23. The summed E-state index contributed by atoms with van der Waals surface area (Å²) >= 11 is 3.32. The van der Waals surface area contributed by atoms with E-state index in [2.05, 4.69) is 32.3 Å². The Morgan fingerprint density at radius 1 is 1.03 bits per heavy atom. The van der Waals surface area contributed by atoms with E-state index in [4.69, 9.17) is 19.2 Å². The van der Waals surface area contributed by atoms with Crippen molar-refractivity contribution in [3.05, 3.63) is 59.6 Å². The van der Waals surface area contributed by atoms with Crippen molar-refractivity contribution in [2.45, 2.75) is 36.4 Å². The summed E-state index contributed by atoms with van der Waals surface area (Å²) in [7, 11) is 0. The Bertz CT molecular complexity index is 1250. The van der Waals surface area contributed by atoms with Gasteiger partial charge in [0.25, 0.3) is 0 Å². The predicted molar refractivity (Wildman–Crippen MR) is 128 cm³/mol. The summed E-state index contributed by atoms with van der Waals surface area (Å²) in [6, 6.07) is 16.2. The number of hydrogen-bond acceptors (Lipinski definition) is 8. The maximum Gasteiger partial charge on any atom is 0.231 e. The number of aromatic nitrogens is 4. The van der Waals surface area contributed by atoms with Gasteiger partial charge in [0.15, 0.2) is 22.5 Å². The fourth-order valence-electron chi connectivity index (χ4n) is 4.03. The number of benzene rings is 2. The summed E-state index contributed by atoms with van der Waals surface area (Å²) in [6.45, 7) is 1.79. The topological polar surface area (TPSA) is 71.3 Å². The molecule has 168 valence electrons. The second-order valence-electron chi connectivity index (χ2n) is 7.92. The highest BCUT2D eigenvalue weighted by molar-refractivity contribution is 7.98. The second-order valence-corrected chi connectivity index (χ2v) is 9.72. The van der Waals surface area contributed by atoms with E-state index in [0.29, 0.717) is 0 Å². The number of hydrogen-bond donors (Lipinski definition) is 0. The molecule has 2 aromatic carbocycles. The van der Waals surface area contributed by atoms with Crippen molar-refractivity contribution in [1.82, 2.24) is 19.7 Å². The van der Waals surface area contributed by atoms with Crippen LogP contribution in [0.3, 0.4) is 0 Å². The molecule has 0 bridgehead atoms. The number of ether oxygens (including phenoxy) is 3. The van der Waals surface area contributed by atoms with Gasteiger partial charge >= 0.3 is 0 Å². The summed E-state index contributed by atoms with van der Waals surface area (Å²) in [4.78, 5) is 4.82. The monoisotopic (exact) mass is 478 g/mol. The standard InChI is InChI=1S/C24H22N4O3S2/c1-2-5-16(6-3-1)23-25-18(13-32-23)14-33-24-27-26-22(28(24)12-19-7-4-10-29-19)17-8-9-20-21(11-17)31-15-30-20/h1-3,5-6,8-9,11,13,19H,4,7,10,12,14-15H2. The zero-order chi connectivity index (χ0) is 22.0. The molecule has 0 spiro atoms. The number of thiazole rings is 1. The summed E-state index contributed by atoms with van der Waals surface area (Å²) in [5.41, 5.74) is 3.14. The van der Waals surface area contributed by atoms with Crippen LogP contribution in [0.2, 0.25) is 0 Å². The predicted octanol–water partition coefficient (Wildman–Crippen LogP) is 5.27. The molecule has 1 fully saturated rings. The second kappa shape index (κ2) is 9.17. The van der Waals surface area contributed by atoms with Gasteiger partial charge in [-0.05, 0) is 31.0 Å². The zero-order valence-corrected chi connectivity index (χ0v) is 19.5.